The lowest BCUT2D eigenvalue weighted by molar-refractivity contribution is -0.0523. The summed E-state index contributed by atoms with van der Waals surface area (Å²) in [5.74, 6) is 1.62. The van der Waals surface area contributed by atoms with Gasteiger partial charge in [-0.25, -0.2) is 0 Å². The van der Waals surface area contributed by atoms with Crippen LogP contribution in [0, 0.1) is 0 Å². The van der Waals surface area contributed by atoms with E-state index in [0.29, 0.717) is 6.79 Å². The Morgan fingerprint density at radius 2 is 2.24 bits per heavy atom. The van der Waals surface area contributed by atoms with Crippen LogP contribution in [-0.4, -0.2) is 23.5 Å². The second-order valence-corrected chi connectivity index (χ2v) is 5.02. The molecule has 4 heteroatoms. The predicted octanol–water partition coefficient (Wildman–Crippen LogP) is 1.42. The summed E-state index contributed by atoms with van der Waals surface area (Å²) in [5, 5.41) is 13.3. The second-order valence-electron chi connectivity index (χ2n) is 5.02. The van der Waals surface area contributed by atoms with E-state index < -0.39 is 5.60 Å². The zero-order valence-electron chi connectivity index (χ0n) is 9.90. The molecule has 1 heterocycles. The van der Waals surface area contributed by atoms with Crippen molar-refractivity contribution in [2.75, 3.05) is 6.79 Å². The van der Waals surface area contributed by atoms with Crippen molar-refractivity contribution < 1.29 is 14.6 Å². The average molecular weight is 235 g/mol. The fourth-order valence-corrected chi connectivity index (χ4v) is 2.32. The Balaban J connectivity index is 1.62. The van der Waals surface area contributed by atoms with Crippen molar-refractivity contribution in [1.82, 2.24) is 5.32 Å². The number of benzene rings is 1. The number of aliphatic hydroxyl groups is 1. The Labute approximate surface area is 101 Å². The van der Waals surface area contributed by atoms with Crippen LogP contribution in [-0.2, 0) is 6.54 Å². The highest BCUT2D eigenvalue weighted by Gasteiger charge is 2.40. The topological polar surface area (TPSA) is 50.7 Å². The van der Waals surface area contributed by atoms with Gasteiger partial charge in [-0.3, -0.25) is 0 Å². The SMILES string of the molecule is C[C@]1(O)CC[C@@H]1NCc1ccc2c(c1)OCO2. The van der Waals surface area contributed by atoms with Gasteiger partial charge in [0.15, 0.2) is 11.5 Å². The molecule has 0 unspecified atom stereocenters. The van der Waals surface area contributed by atoms with E-state index in [0.717, 1.165) is 36.4 Å². The molecule has 0 saturated heterocycles. The molecule has 4 nitrogen and oxygen atoms in total. The summed E-state index contributed by atoms with van der Waals surface area (Å²) < 4.78 is 10.6. The minimum atomic E-state index is -0.545. The van der Waals surface area contributed by atoms with Crippen molar-refractivity contribution in [3.05, 3.63) is 23.8 Å². The normalized spacial score (nSPS) is 30.1. The zero-order valence-corrected chi connectivity index (χ0v) is 9.90. The summed E-state index contributed by atoms with van der Waals surface area (Å²) in [5.41, 5.74) is 0.605. The van der Waals surface area contributed by atoms with Gasteiger partial charge in [0.25, 0.3) is 0 Å². The molecular weight excluding hydrogens is 218 g/mol. The highest BCUT2D eigenvalue weighted by Crippen LogP contribution is 2.34. The van der Waals surface area contributed by atoms with Crippen molar-refractivity contribution in [1.29, 1.82) is 0 Å². The Hall–Kier alpha value is -1.26. The quantitative estimate of drug-likeness (QED) is 0.832. The highest BCUT2D eigenvalue weighted by atomic mass is 16.7. The maximum atomic E-state index is 9.90. The molecule has 2 aliphatic rings. The molecule has 92 valence electrons. The van der Waals surface area contributed by atoms with Crippen LogP contribution in [0.25, 0.3) is 0 Å². The lowest BCUT2D eigenvalue weighted by atomic mass is 9.76. The van der Waals surface area contributed by atoms with Crippen molar-refractivity contribution in [3.63, 3.8) is 0 Å². The maximum absolute atomic E-state index is 9.90. The molecule has 0 radical (unpaired) electrons. The molecule has 0 bridgehead atoms. The van der Waals surface area contributed by atoms with Gasteiger partial charge in [-0.2, -0.15) is 0 Å². The first kappa shape index (κ1) is 10.9. The Morgan fingerprint density at radius 3 is 2.94 bits per heavy atom. The number of fused-ring (bicyclic) bond motifs is 1. The molecule has 1 aromatic rings. The summed E-state index contributed by atoms with van der Waals surface area (Å²) in [6, 6.07) is 6.14. The summed E-state index contributed by atoms with van der Waals surface area (Å²) in [4.78, 5) is 0. The average Bonchev–Trinajstić information content (AvgIpc) is 2.75. The van der Waals surface area contributed by atoms with E-state index in [4.69, 9.17) is 9.47 Å². The molecule has 1 aromatic carbocycles. The van der Waals surface area contributed by atoms with Crippen LogP contribution in [0.1, 0.15) is 25.3 Å². The first-order valence-electron chi connectivity index (χ1n) is 5.99. The molecular formula is C13H17NO3. The molecule has 2 N–H and O–H groups in total. The number of hydrogen-bond donors (Lipinski definition) is 2. The summed E-state index contributed by atoms with van der Waals surface area (Å²) in [6.45, 7) is 2.94. The van der Waals surface area contributed by atoms with Crippen LogP contribution in [0.5, 0.6) is 11.5 Å². The van der Waals surface area contributed by atoms with E-state index in [1.54, 1.807) is 0 Å². The van der Waals surface area contributed by atoms with Crippen LogP contribution < -0.4 is 14.8 Å². The lowest BCUT2D eigenvalue weighted by Crippen LogP contribution is -2.56. The zero-order chi connectivity index (χ0) is 11.9. The standard InChI is InChI=1S/C13H17NO3/c1-13(15)5-4-12(13)14-7-9-2-3-10-11(6-9)17-8-16-10/h2-3,6,12,14-15H,4-5,7-8H2,1H3/t12-,13-/m0/s1. The smallest absolute Gasteiger partial charge is 0.231 e. The number of hydrogen-bond acceptors (Lipinski definition) is 4. The van der Waals surface area contributed by atoms with E-state index in [1.165, 1.54) is 0 Å². The van der Waals surface area contributed by atoms with E-state index in [9.17, 15) is 5.11 Å². The maximum Gasteiger partial charge on any atom is 0.231 e. The molecule has 2 atom stereocenters. The van der Waals surface area contributed by atoms with Crippen LogP contribution in [0.15, 0.2) is 18.2 Å². The predicted molar refractivity (Wildman–Crippen MR) is 63.1 cm³/mol. The van der Waals surface area contributed by atoms with E-state index in [-0.39, 0.29) is 6.04 Å². The van der Waals surface area contributed by atoms with Crippen molar-refractivity contribution in [3.8, 4) is 11.5 Å². The summed E-state index contributed by atoms with van der Waals surface area (Å²) >= 11 is 0. The van der Waals surface area contributed by atoms with E-state index >= 15 is 0 Å². The second kappa shape index (κ2) is 3.89. The molecule has 0 aromatic heterocycles. The van der Waals surface area contributed by atoms with Crippen LogP contribution >= 0.6 is 0 Å². The highest BCUT2D eigenvalue weighted by molar-refractivity contribution is 5.44. The van der Waals surface area contributed by atoms with Crippen molar-refractivity contribution in [2.24, 2.45) is 0 Å². The molecule has 0 spiro atoms. The Kier molecular flexibility index (Phi) is 2.49. The Morgan fingerprint density at radius 1 is 1.41 bits per heavy atom. The molecule has 1 saturated carbocycles. The fourth-order valence-electron chi connectivity index (χ4n) is 2.32. The van der Waals surface area contributed by atoms with Gasteiger partial charge in [0, 0.05) is 12.6 Å². The largest absolute Gasteiger partial charge is 0.454 e. The van der Waals surface area contributed by atoms with Crippen molar-refractivity contribution >= 4 is 0 Å². The summed E-state index contributed by atoms with van der Waals surface area (Å²) in [7, 11) is 0. The first-order chi connectivity index (χ1) is 8.15. The third-order valence-corrected chi connectivity index (χ3v) is 3.68. The minimum absolute atomic E-state index is 0.202. The minimum Gasteiger partial charge on any atom is -0.454 e. The first-order valence-corrected chi connectivity index (χ1v) is 5.99. The van der Waals surface area contributed by atoms with Gasteiger partial charge in [0.05, 0.1) is 5.60 Å². The molecule has 17 heavy (non-hydrogen) atoms. The van der Waals surface area contributed by atoms with Gasteiger partial charge < -0.3 is 19.9 Å². The van der Waals surface area contributed by atoms with Crippen LogP contribution in [0.3, 0.4) is 0 Å². The number of rotatable bonds is 3. The molecule has 1 fully saturated rings. The fraction of sp³-hybridized carbons (Fsp3) is 0.538. The van der Waals surface area contributed by atoms with Crippen LogP contribution in [0.2, 0.25) is 0 Å². The van der Waals surface area contributed by atoms with Crippen LogP contribution in [0.4, 0.5) is 0 Å². The Bertz CT molecular complexity index is 431. The van der Waals surface area contributed by atoms with Gasteiger partial charge >= 0.3 is 0 Å². The lowest BCUT2D eigenvalue weighted by Gasteiger charge is -2.43. The molecule has 1 aliphatic carbocycles. The van der Waals surface area contributed by atoms with Gasteiger partial charge in [-0.15, -0.1) is 0 Å². The third kappa shape index (κ3) is 1.98. The number of ether oxygens (including phenoxy) is 2. The van der Waals surface area contributed by atoms with E-state index in [2.05, 4.69) is 5.32 Å². The summed E-state index contributed by atoms with van der Waals surface area (Å²) in [6.07, 6.45) is 1.92. The molecule has 0 amide bonds. The molecule has 3 rings (SSSR count). The van der Waals surface area contributed by atoms with Gasteiger partial charge in [-0.1, -0.05) is 6.07 Å². The van der Waals surface area contributed by atoms with Gasteiger partial charge in [0.1, 0.15) is 0 Å². The monoisotopic (exact) mass is 235 g/mol. The van der Waals surface area contributed by atoms with Gasteiger partial charge in [0.2, 0.25) is 6.79 Å². The molecule has 1 aliphatic heterocycles. The van der Waals surface area contributed by atoms with E-state index in [1.807, 2.05) is 25.1 Å². The number of nitrogens with one attached hydrogen (secondary N) is 1. The van der Waals surface area contributed by atoms with Crippen molar-refractivity contribution in [2.45, 2.75) is 38.0 Å². The third-order valence-electron chi connectivity index (χ3n) is 3.68. The van der Waals surface area contributed by atoms with Gasteiger partial charge in [-0.05, 0) is 37.5 Å².